The van der Waals surface area contributed by atoms with Gasteiger partial charge in [-0.2, -0.15) is 18.2 Å². The van der Waals surface area contributed by atoms with Crippen molar-refractivity contribution < 1.29 is 17.7 Å². The van der Waals surface area contributed by atoms with E-state index in [1.54, 1.807) is 6.92 Å². The van der Waals surface area contributed by atoms with Crippen LogP contribution in [0.15, 0.2) is 4.52 Å². The third kappa shape index (κ3) is 3.30. The minimum absolute atomic E-state index is 0.0155. The molecule has 0 spiro atoms. The summed E-state index contributed by atoms with van der Waals surface area (Å²) in [6, 6.07) is 0.0155. The first-order valence-corrected chi connectivity index (χ1v) is 3.64. The third-order valence-electron chi connectivity index (χ3n) is 1.15. The fourth-order valence-corrected chi connectivity index (χ4v) is 0.728. The first-order valence-electron chi connectivity index (χ1n) is 3.64. The van der Waals surface area contributed by atoms with Crippen molar-refractivity contribution in [2.45, 2.75) is 19.5 Å². The number of halogens is 3. The van der Waals surface area contributed by atoms with Crippen LogP contribution in [0.25, 0.3) is 0 Å². The molecular formula is C6H8F3N3O. The van der Waals surface area contributed by atoms with E-state index in [-0.39, 0.29) is 11.8 Å². The molecule has 1 N–H and O–H groups in total. The Bertz CT molecular complexity index is 270. The van der Waals surface area contributed by atoms with E-state index in [0.717, 1.165) is 0 Å². The second-order valence-electron chi connectivity index (χ2n) is 2.34. The van der Waals surface area contributed by atoms with Crippen molar-refractivity contribution in [1.82, 2.24) is 10.1 Å². The third-order valence-corrected chi connectivity index (χ3v) is 1.15. The molecule has 1 heterocycles. The molecule has 0 aliphatic heterocycles. The van der Waals surface area contributed by atoms with Crippen molar-refractivity contribution in [3.05, 3.63) is 5.82 Å². The monoisotopic (exact) mass is 195 g/mol. The molecule has 0 aliphatic rings. The maximum atomic E-state index is 11.8. The lowest BCUT2D eigenvalue weighted by molar-refractivity contribution is -0.128. The second kappa shape index (κ2) is 3.63. The van der Waals surface area contributed by atoms with Gasteiger partial charge >= 0.3 is 12.2 Å². The summed E-state index contributed by atoms with van der Waals surface area (Å²) in [5, 5.41) is 5.76. The van der Waals surface area contributed by atoms with E-state index < -0.39 is 12.6 Å². The van der Waals surface area contributed by atoms with Gasteiger partial charge in [0.25, 0.3) is 0 Å². The zero-order chi connectivity index (χ0) is 9.90. The molecule has 4 nitrogen and oxygen atoms in total. The molecule has 1 aromatic heterocycles. The average Bonchev–Trinajstić information content (AvgIpc) is 2.33. The predicted molar refractivity (Wildman–Crippen MR) is 38.2 cm³/mol. The number of hydrogen-bond acceptors (Lipinski definition) is 4. The normalized spacial score (nSPS) is 11.7. The number of anilines is 1. The zero-order valence-corrected chi connectivity index (χ0v) is 6.85. The van der Waals surface area contributed by atoms with Gasteiger partial charge in [0, 0.05) is 6.54 Å². The van der Waals surface area contributed by atoms with E-state index in [2.05, 4.69) is 20.0 Å². The van der Waals surface area contributed by atoms with Crippen molar-refractivity contribution >= 4 is 6.01 Å². The number of nitrogens with zero attached hydrogens (tertiary/aromatic N) is 2. The van der Waals surface area contributed by atoms with Gasteiger partial charge in [-0.3, -0.25) is 0 Å². The summed E-state index contributed by atoms with van der Waals surface area (Å²) in [6.07, 6.45) is -5.46. The first kappa shape index (κ1) is 9.82. The van der Waals surface area contributed by atoms with Gasteiger partial charge in [-0.15, -0.1) is 0 Å². The molecule has 1 aromatic rings. The Kier molecular flexibility index (Phi) is 2.74. The summed E-state index contributed by atoms with van der Waals surface area (Å²) in [6.45, 7) is 2.29. The zero-order valence-electron chi connectivity index (χ0n) is 6.85. The van der Waals surface area contributed by atoms with Crippen LogP contribution in [0.1, 0.15) is 12.7 Å². The van der Waals surface area contributed by atoms with E-state index in [0.29, 0.717) is 6.54 Å². The minimum Gasteiger partial charge on any atom is -0.338 e. The molecule has 0 fully saturated rings. The summed E-state index contributed by atoms with van der Waals surface area (Å²) < 4.78 is 39.9. The van der Waals surface area contributed by atoms with Crippen LogP contribution in [0.5, 0.6) is 0 Å². The molecule has 0 saturated heterocycles. The van der Waals surface area contributed by atoms with Crippen molar-refractivity contribution in [1.29, 1.82) is 0 Å². The van der Waals surface area contributed by atoms with Gasteiger partial charge in [-0.1, -0.05) is 5.16 Å². The molecule has 0 unspecified atom stereocenters. The Labute approximate surface area is 72.1 Å². The molecule has 0 amide bonds. The van der Waals surface area contributed by atoms with Crippen LogP contribution in [0.2, 0.25) is 0 Å². The van der Waals surface area contributed by atoms with Gasteiger partial charge in [-0.25, -0.2) is 0 Å². The highest BCUT2D eigenvalue weighted by Crippen LogP contribution is 2.19. The van der Waals surface area contributed by atoms with Crippen molar-refractivity contribution in [2.24, 2.45) is 0 Å². The maximum absolute atomic E-state index is 11.8. The Balaban J connectivity index is 2.59. The highest BCUT2D eigenvalue weighted by Gasteiger charge is 2.30. The molecule has 7 heteroatoms. The quantitative estimate of drug-likeness (QED) is 0.795. The predicted octanol–water partition coefficient (Wildman–Crippen LogP) is 1.61. The Morgan fingerprint density at radius 1 is 1.46 bits per heavy atom. The highest BCUT2D eigenvalue weighted by molar-refractivity contribution is 5.17. The smallest absolute Gasteiger partial charge is 0.338 e. The average molecular weight is 195 g/mol. The highest BCUT2D eigenvalue weighted by atomic mass is 19.4. The Hall–Kier alpha value is -1.27. The van der Waals surface area contributed by atoms with Crippen LogP contribution < -0.4 is 5.32 Å². The van der Waals surface area contributed by atoms with Gasteiger partial charge in [-0.05, 0) is 6.92 Å². The molecule has 0 aromatic carbocycles. The number of alkyl halides is 3. The van der Waals surface area contributed by atoms with Gasteiger partial charge in [0.05, 0.1) is 0 Å². The molecule has 0 saturated carbocycles. The van der Waals surface area contributed by atoms with Crippen LogP contribution in [0.3, 0.4) is 0 Å². The summed E-state index contributed by atoms with van der Waals surface area (Å²) >= 11 is 0. The number of nitrogens with one attached hydrogen (secondary N) is 1. The topological polar surface area (TPSA) is 51.0 Å². The molecule has 0 bridgehead atoms. The molecule has 0 aliphatic carbocycles. The van der Waals surface area contributed by atoms with Crippen molar-refractivity contribution in [2.75, 3.05) is 11.9 Å². The Morgan fingerprint density at radius 3 is 2.69 bits per heavy atom. The van der Waals surface area contributed by atoms with E-state index in [1.165, 1.54) is 0 Å². The lowest BCUT2D eigenvalue weighted by atomic mass is 10.4. The lowest BCUT2D eigenvalue weighted by Gasteiger charge is -1.99. The molecule has 74 valence electrons. The maximum Gasteiger partial charge on any atom is 0.396 e. The SMILES string of the molecule is CCNc1nc(CC(F)(F)F)no1. The van der Waals surface area contributed by atoms with Crippen LogP contribution in [0, 0.1) is 0 Å². The van der Waals surface area contributed by atoms with Gasteiger partial charge in [0.15, 0.2) is 5.82 Å². The molecule has 1 rings (SSSR count). The molecule has 13 heavy (non-hydrogen) atoms. The van der Waals surface area contributed by atoms with Crippen molar-refractivity contribution in [3.8, 4) is 0 Å². The summed E-state index contributed by atoms with van der Waals surface area (Å²) in [5.41, 5.74) is 0. The van der Waals surface area contributed by atoms with E-state index in [1.807, 2.05) is 0 Å². The second-order valence-corrected chi connectivity index (χ2v) is 2.34. The number of aromatic nitrogens is 2. The summed E-state index contributed by atoms with van der Waals surface area (Å²) in [4.78, 5) is 3.48. The first-order chi connectivity index (χ1) is 6.01. The van der Waals surface area contributed by atoms with Gasteiger partial charge in [0.2, 0.25) is 0 Å². The van der Waals surface area contributed by atoms with Gasteiger partial charge < -0.3 is 9.84 Å². The van der Waals surface area contributed by atoms with Crippen LogP contribution in [-0.2, 0) is 6.42 Å². The Morgan fingerprint density at radius 2 is 2.15 bits per heavy atom. The molecule has 0 radical (unpaired) electrons. The molecule has 0 atom stereocenters. The van der Waals surface area contributed by atoms with E-state index >= 15 is 0 Å². The fraction of sp³-hybridized carbons (Fsp3) is 0.667. The van der Waals surface area contributed by atoms with Crippen LogP contribution in [-0.4, -0.2) is 22.9 Å². The molecular weight excluding hydrogens is 187 g/mol. The number of hydrogen-bond donors (Lipinski definition) is 1. The fourth-order valence-electron chi connectivity index (χ4n) is 0.728. The lowest BCUT2D eigenvalue weighted by Crippen LogP contribution is -2.12. The number of rotatable bonds is 3. The standard InChI is InChI=1S/C6H8F3N3O/c1-2-10-5-11-4(12-13-5)3-6(7,8)9/h2-3H2,1H3,(H,10,11,12). The summed E-state index contributed by atoms with van der Waals surface area (Å²) in [5.74, 6) is -0.358. The minimum atomic E-state index is -4.30. The van der Waals surface area contributed by atoms with Crippen molar-refractivity contribution in [3.63, 3.8) is 0 Å². The summed E-state index contributed by atoms with van der Waals surface area (Å²) in [7, 11) is 0. The van der Waals surface area contributed by atoms with Crippen LogP contribution in [0.4, 0.5) is 19.2 Å². The largest absolute Gasteiger partial charge is 0.396 e. The van der Waals surface area contributed by atoms with Crippen LogP contribution >= 0.6 is 0 Å². The van der Waals surface area contributed by atoms with E-state index in [4.69, 9.17) is 0 Å². The van der Waals surface area contributed by atoms with Gasteiger partial charge in [0.1, 0.15) is 6.42 Å². The van der Waals surface area contributed by atoms with E-state index in [9.17, 15) is 13.2 Å².